The molecule has 1 heterocycles. The molecular formula is C6H5BClN3. The van der Waals surface area contributed by atoms with Crippen LogP contribution in [0.4, 0.5) is 0 Å². The van der Waals surface area contributed by atoms with Crippen molar-refractivity contribution in [3.05, 3.63) is 17.2 Å². The number of nitrogens with one attached hydrogen (secondary N) is 1. The molecule has 0 radical (unpaired) electrons. The first-order chi connectivity index (χ1) is 5.27. The van der Waals surface area contributed by atoms with Crippen molar-refractivity contribution in [1.82, 2.24) is 15.4 Å². The quantitative estimate of drug-likeness (QED) is 0.553. The highest BCUT2D eigenvalue weighted by Crippen LogP contribution is 2.11. The number of aromatic amines is 1. The molecule has 2 rings (SSSR count). The molecular weight excluding hydrogens is 160 g/mol. The Morgan fingerprint density at radius 2 is 2.27 bits per heavy atom. The highest BCUT2D eigenvalue weighted by molar-refractivity contribution is 6.40. The van der Waals surface area contributed by atoms with Crippen LogP contribution in [0.3, 0.4) is 0 Å². The zero-order chi connectivity index (χ0) is 7.84. The van der Waals surface area contributed by atoms with Crippen molar-refractivity contribution in [2.24, 2.45) is 0 Å². The topological polar surface area (TPSA) is 41.6 Å². The Bertz CT molecular complexity index is 398. The first-order valence-electron chi connectivity index (χ1n) is 3.24. The van der Waals surface area contributed by atoms with E-state index in [1.165, 1.54) is 0 Å². The maximum atomic E-state index is 5.80. The Hall–Kier alpha value is -1.03. The molecule has 2 aromatic rings. The van der Waals surface area contributed by atoms with Gasteiger partial charge in [0.2, 0.25) is 0 Å². The minimum Gasteiger partial charge on any atom is -0.258 e. The molecule has 3 nitrogen and oxygen atoms in total. The molecule has 0 aliphatic carbocycles. The first kappa shape index (κ1) is 6.67. The normalized spacial score (nSPS) is 10.6. The second-order valence-electron chi connectivity index (χ2n) is 2.43. The van der Waals surface area contributed by atoms with Crippen LogP contribution in [0.25, 0.3) is 11.0 Å². The summed E-state index contributed by atoms with van der Waals surface area (Å²) in [5.41, 5.74) is 2.84. The van der Waals surface area contributed by atoms with Crippen molar-refractivity contribution in [2.45, 2.75) is 0 Å². The fourth-order valence-electron chi connectivity index (χ4n) is 1.08. The predicted molar refractivity (Wildman–Crippen MR) is 47.1 cm³/mol. The third-order valence-electron chi connectivity index (χ3n) is 1.60. The van der Waals surface area contributed by atoms with Gasteiger partial charge in [0.15, 0.2) is 0 Å². The molecule has 1 N–H and O–H groups in total. The molecule has 0 aliphatic rings. The van der Waals surface area contributed by atoms with Gasteiger partial charge >= 0.3 is 0 Å². The number of aromatic nitrogens is 3. The van der Waals surface area contributed by atoms with Gasteiger partial charge < -0.3 is 0 Å². The van der Waals surface area contributed by atoms with Crippen LogP contribution < -0.4 is 5.46 Å². The maximum Gasteiger partial charge on any atom is 0.142 e. The number of hydrogen-bond donors (Lipinski definition) is 1. The molecule has 0 bridgehead atoms. The van der Waals surface area contributed by atoms with Crippen molar-refractivity contribution in [2.75, 3.05) is 0 Å². The largest absolute Gasteiger partial charge is 0.258 e. The third kappa shape index (κ3) is 0.992. The van der Waals surface area contributed by atoms with Crippen LogP contribution in [0.1, 0.15) is 0 Å². The van der Waals surface area contributed by atoms with Gasteiger partial charge in [-0.1, -0.05) is 22.3 Å². The van der Waals surface area contributed by atoms with Gasteiger partial charge in [-0.25, -0.2) is 0 Å². The van der Waals surface area contributed by atoms with Crippen LogP contribution in [0.2, 0.25) is 5.02 Å². The number of halogens is 1. The number of rotatable bonds is 0. The molecule has 11 heavy (non-hydrogen) atoms. The lowest BCUT2D eigenvalue weighted by Crippen LogP contribution is -2.03. The summed E-state index contributed by atoms with van der Waals surface area (Å²) in [6.45, 7) is 0. The average Bonchev–Trinajstić information content (AvgIpc) is 2.34. The van der Waals surface area contributed by atoms with Crippen LogP contribution in [0.5, 0.6) is 0 Å². The molecule has 1 aromatic heterocycles. The summed E-state index contributed by atoms with van der Waals surface area (Å²) in [5.74, 6) is 0. The Kier molecular flexibility index (Phi) is 1.36. The van der Waals surface area contributed by atoms with Gasteiger partial charge in [0.25, 0.3) is 0 Å². The van der Waals surface area contributed by atoms with Gasteiger partial charge in [-0.05, 0) is 12.1 Å². The monoisotopic (exact) mass is 165 g/mol. The molecule has 0 atom stereocenters. The van der Waals surface area contributed by atoms with Gasteiger partial charge in [0.05, 0.1) is 5.52 Å². The standard InChI is InChI=1S/C6H5BClN3/c7-4-1-3(8)2-5-6(4)10-11-9-5/h1-2H,7H2,(H,9,10,11). The van der Waals surface area contributed by atoms with Gasteiger partial charge in [0.1, 0.15) is 13.4 Å². The molecule has 0 saturated heterocycles. The van der Waals surface area contributed by atoms with E-state index in [0.29, 0.717) is 5.02 Å². The van der Waals surface area contributed by atoms with E-state index in [0.717, 1.165) is 16.5 Å². The predicted octanol–water partition coefficient (Wildman–Crippen LogP) is -0.130. The van der Waals surface area contributed by atoms with Crippen LogP contribution in [-0.4, -0.2) is 23.3 Å². The zero-order valence-electron chi connectivity index (χ0n) is 5.93. The molecule has 5 heteroatoms. The number of hydrogen-bond acceptors (Lipinski definition) is 2. The van der Waals surface area contributed by atoms with Crippen molar-refractivity contribution in [3.8, 4) is 0 Å². The number of benzene rings is 1. The number of H-pyrrole nitrogens is 1. The number of fused-ring (bicyclic) bond motifs is 1. The average molecular weight is 165 g/mol. The number of nitrogens with zero attached hydrogens (tertiary/aromatic N) is 2. The Morgan fingerprint density at radius 1 is 1.45 bits per heavy atom. The Morgan fingerprint density at radius 3 is 3.09 bits per heavy atom. The molecule has 0 saturated carbocycles. The lowest BCUT2D eigenvalue weighted by molar-refractivity contribution is 0.960. The first-order valence-corrected chi connectivity index (χ1v) is 3.62. The van der Waals surface area contributed by atoms with E-state index in [1.807, 2.05) is 13.9 Å². The zero-order valence-corrected chi connectivity index (χ0v) is 6.68. The minimum absolute atomic E-state index is 0.698. The minimum atomic E-state index is 0.698. The molecule has 0 fully saturated rings. The molecule has 1 aromatic carbocycles. The van der Waals surface area contributed by atoms with Gasteiger partial charge in [-0.2, -0.15) is 0 Å². The van der Waals surface area contributed by atoms with E-state index in [2.05, 4.69) is 15.4 Å². The highest BCUT2D eigenvalue weighted by Gasteiger charge is 2.01. The fourth-order valence-corrected chi connectivity index (χ4v) is 1.35. The summed E-state index contributed by atoms with van der Waals surface area (Å²) in [6.07, 6.45) is 0. The molecule has 54 valence electrons. The summed E-state index contributed by atoms with van der Waals surface area (Å²) < 4.78 is 0. The van der Waals surface area contributed by atoms with E-state index in [-0.39, 0.29) is 0 Å². The lowest BCUT2D eigenvalue weighted by atomic mass is 9.95. The smallest absolute Gasteiger partial charge is 0.142 e. The van der Waals surface area contributed by atoms with Gasteiger partial charge in [0, 0.05) is 5.02 Å². The summed E-state index contributed by atoms with van der Waals surface area (Å²) in [7, 11) is 1.97. The van der Waals surface area contributed by atoms with Gasteiger partial charge in [-0.3, -0.25) is 5.10 Å². The van der Waals surface area contributed by atoms with Gasteiger partial charge in [-0.15, -0.1) is 5.10 Å². The van der Waals surface area contributed by atoms with Crippen LogP contribution in [0.15, 0.2) is 12.1 Å². The van der Waals surface area contributed by atoms with E-state index in [4.69, 9.17) is 11.6 Å². The Balaban J connectivity index is 2.91. The van der Waals surface area contributed by atoms with Crippen molar-refractivity contribution in [3.63, 3.8) is 0 Å². The second kappa shape index (κ2) is 2.24. The molecule has 0 unspecified atom stereocenters. The van der Waals surface area contributed by atoms with Crippen molar-refractivity contribution >= 4 is 35.9 Å². The fraction of sp³-hybridized carbons (Fsp3) is 0. The van der Waals surface area contributed by atoms with Crippen molar-refractivity contribution < 1.29 is 0 Å². The third-order valence-corrected chi connectivity index (χ3v) is 1.82. The molecule has 0 spiro atoms. The Labute approximate surface area is 69.2 Å². The van der Waals surface area contributed by atoms with Crippen LogP contribution >= 0.6 is 11.6 Å². The molecule has 0 amide bonds. The highest BCUT2D eigenvalue weighted by atomic mass is 35.5. The van der Waals surface area contributed by atoms with E-state index in [1.54, 1.807) is 6.07 Å². The lowest BCUT2D eigenvalue weighted by Gasteiger charge is -1.93. The van der Waals surface area contributed by atoms with Crippen LogP contribution in [0, 0.1) is 0 Å². The van der Waals surface area contributed by atoms with E-state index in [9.17, 15) is 0 Å². The van der Waals surface area contributed by atoms with Crippen LogP contribution in [-0.2, 0) is 0 Å². The summed E-state index contributed by atoms with van der Waals surface area (Å²) in [4.78, 5) is 0. The van der Waals surface area contributed by atoms with E-state index < -0.39 is 0 Å². The summed E-state index contributed by atoms with van der Waals surface area (Å²) in [5, 5.41) is 11.0. The van der Waals surface area contributed by atoms with Crippen molar-refractivity contribution in [1.29, 1.82) is 0 Å². The maximum absolute atomic E-state index is 5.80. The van der Waals surface area contributed by atoms with E-state index >= 15 is 0 Å². The molecule has 0 aliphatic heterocycles. The SMILES string of the molecule is Bc1cc(Cl)cc2nn[nH]c12. The second-order valence-corrected chi connectivity index (χ2v) is 2.87. The summed E-state index contributed by atoms with van der Waals surface area (Å²) >= 11 is 5.80. The summed E-state index contributed by atoms with van der Waals surface area (Å²) in [6, 6.07) is 3.66.